The fraction of sp³-hybridized carbons (Fsp3) is 0.393. The van der Waals surface area contributed by atoms with E-state index in [1.807, 2.05) is 4.90 Å². The monoisotopic (exact) mass is 608 g/mol. The minimum absolute atomic E-state index is 0.00194. The van der Waals surface area contributed by atoms with E-state index < -0.39 is 53.7 Å². The normalized spacial score (nSPS) is 19.7. The number of alkyl halides is 4. The number of aliphatic hydroxyl groups excluding tert-OH is 1. The van der Waals surface area contributed by atoms with E-state index in [-0.39, 0.29) is 41.4 Å². The van der Waals surface area contributed by atoms with Gasteiger partial charge in [-0.05, 0) is 37.7 Å². The minimum Gasteiger partial charge on any atom is -0.495 e. The van der Waals surface area contributed by atoms with Gasteiger partial charge in [-0.1, -0.05) is 12.1 Å². The molecule has 2 aromatic carbocycles. The second-order valence-corrected chi connectivity index (χ2v) is 10.4. The summed E-state index contributed by atoms with van der Waals surface area (Å²) < 4.78 is 82.0. The molecule has 3 heterocycles. The Labute approximate surface area is 243 Å². The van der Waals surface area contributed by atoms with Crippen LogP contribution in [0.4, 0.5) is 33.6 Å². The summed E-state index contributed by atoms with van der Waals surface area (Å²) >= 11 is 0. The lowest BCUT2D eigenvalue weighted by Gasteiger charge is -2.34. The van der Waals surface area contributed by atoms with Gasteiger partial charge in [-0.25, -0.2) is 13.8 Å². The molecule has 0 spiro atoms. The van der Waals surface area contributed by atoms with Crippen LogP contribution in [0.15, 0.2) is 36.5 Å². The number of likely N-dealkylation sites (tertiary alicyclic amines) is 1. The largest absolute Gasteiger partial charge is 0.495 e. The van der Waals surface area contributed by atoms with Gasteiger partial charge in [-0.3, -0.25) is 10.1 Å². The number of piperidine rings is 1. The van der Waals surface area contributed by atoms with Gasteiger partial charge in [-0.15, -0.1) is 0 Å². The van der Waals surface area contributed by atoms with Gasteiger partial charge >= 0.3 is 6.18 Å². The van der Waals surface area contributed by atoms with Crippen molar-refractivity contribution < 1.29 is 41.3 Å². The first-order valence-electron chi connectivity index (χ1n) is 13.3. The highest BCUT2D eigenvalue weighted by molar-refractivity contribution is 6.00. The summed E-state index contributed by atoms with van der Waals surface area (Å²) in [5, 5.41) is 16.0. The second-order valence-electron chi connectivity index (χ2n) is 10.4. The number of anilines is 2. The molecule has 3 N–H and O–H groups in total. The topological polar surface area (TPSA) is 112 Å². The van der Waals surface area contributed by atoms with Gasteiger partial charge in [0.15, 0.2) is 0 Å². The predicted molar refractivity (Wildman–Crippen MR) is 144 cm³/mol. The summed E-state index contributed by atoms with van der Waals surface area (Å²) in [4.78, 5) is 23.4. The Morgan fingerprint density at radius 1 is 1.19 bits per heavy atom. The zero-order valence-corrected chi connectivity index (χ0v) is 23.4. The lowest BCUT2D eigenvalue weighted by molar-refractivity contribution is -0.139. The third kappa shape index (κ3) is 6.33. The molecule has 1 unspecified atom stereocenters. The molecular formula is C28H29F5N6O4. The molecule has 1 saturated heterocycles. The first kappa shape index (κ1) is 30.4. The van der Waals surface area contributed by atoms with Gasteiger partial charge in [-0.2, -0.15) is 18.2 Å². The summed E-state index contributed by atoms with van der Waals surface area (Å²) in [6, 6.07) is 6.00. The van der Waals surface area contributed by atoms with E-state index in [9.17, 15) is 27.5 Å². The molecule has 2 aliphatic rings. The van der Waals surface area contributed by atoms with Gasteiger partial charge in [0.05, 0.1) is 18.4 Å². The van der Waals surface area contributed by atoms with Gasteiger partial charge < -0.3 is 29.7 Å². The molecule has 0 saturated carbocycles. The summed E-state index contributed by atoms with van der Waals surface area (Å²) in [5.41, 5.74) is -0.879. The number of rotatable bonds is 8. The van der Waals surface area contributed by atoms with Crippen LogP contribution in [0.25, 0.3) is 0 Å². The number of nitrogens with one attached hydrogen (secondary N) is 2. The molecule has 43 heavy (non-hydrogen) atoms. The Morgan fingerprint density at radius 3 is 2.65 bits per heavy atom. The van der Waals surface area contributed by atoms with Crippen molar-refractivity contribution in [2.45, 2.75) is 37.6 Å². The van der Waals surface area contributed by atoms with Crippen molar-refractivity contribution in [3.63, 3.8) is 0 Å². The number of carbonyl (C=O) groups is 1. The Morgan fingerprint density at radius 2 is 1.95 bits per heavy atom. The number of aliphatic hydroxyl groups is 1. The number of amides is 1. The number of fused-ring (bicyclic) bond motifs is 1. The van der Waals surface area contributed by atoms with Crippen LogP contribution in [-0.4, -0.2) is 77.3 Å². The average Bonchev–Trinajstić information content (AvgIpc) is 3.23. The van der Waals surface area contributed by atoms with Crippen molar-refractivity contribution in [1.29, 1.82) is 0 Å². The number of nitrogens with zero attached hydrogens (tertiary/aromatic N) is 4. The van der Waals surface area contributed by atoms with Crippen molar-refractivity contribution >= 4 is 17.5 Å². The molecule has 2 aliphatic heterocycles. The smallest absolute Gasteiger partial charge is 0.423 e. The summed E-state index contributed by atoms with van der Waals surface area (Å²) in [7, 11) is 4.60. The number of benzene rings is 2. The average molecular weight is 609 g/mol. The third-order valence-electron chi connectivity index (χ3n) is 7.32. The van der Waals surface area contributed by atoms with E-state index in [0.29, 0.717) is 24.7 Å². The maximum Gasteiger partial charge on any atom is 0.423 e. The van der Waals surface area contributed by atoms with Crippen LogP contribution >= 0.6 is 0 Å². The molecule has 230 valence electrons. The fourth-order valence-corrected chi connectivity index (χ4v) is 5.06. The van der Waals surface area contributed by atoms with Gasteiger partial charge in [0, 0.05) is 44.0 Å². The number of hydrogen-bond acceptors (Lipinski definition) is 9. The Balaban J connectivity index is 1.42. The first-order chi connectivity index (χ1) is 20.3. The van der Waals surface area contributed by atoms with Gasteiger partial charge in [0.1, 0.15) is 35.3 Å². The van der Waals surface area contributed by atoms with E-state index in [4.69, 9.17) is 9.47 Å². The SMILES string of the molecule is COc1cc(C(O)N[C@H]2CCN(C)C[C@H]2F)c(F)cc1Nc1ncc(C(F)(F)F)c(Oc2cccc3c2C(=O)N(C)C3)n1. The molecule has 0 aliphatic carbocycles. The molecule has 3 atom stereocenters. The third-order valence-corrected chi connectivity index (χ3v) is 7.32. The molecule has 0 radical (unpaired) electrons. The van der Waals surface area contributed by atoms with Crippen LogP contribution in [0.5, 0.6) is 17.4 Å². The maximum atomic E-state index is 15.2. The number of aromatic nitrogens is 2. The van der Waals surface area contributed by atoms with Gasteiger partial charge in [0.25, 0.3) is 5.91 Å². The zero-order valence-electron chi connectivity index (χ0n) is 23.4. The Hall–Kier alpha value is -4.08. The van der Waals surface area contributed by atoms with Crippen LogP contribution in [0, 0.1) is 5.82 Å². The van der Waals surface area contributed by atoms with E-state index in [1.54, 1.807) is 26.2 Å². The predicted octanol–water partition coefficient (Wildman–Crippen LogP) is 4.39. The molecule has 0 bridgehead atoms. The van der Waals surface area contributed by atoms with E-state index in [2.05, 4.69) is 20.6 Å². The van der Waals surface area contributed by atoms with Gasteiger partial charge in [0.2, 0.25) is 11.8 Å². The van der Waals surface area contributed by atoms with E-state index in [1.165, 1.54) is 24.1 Å². The number of methoxy groups -OCH3 is 1. The van der Waals surface area contributed by atoms with Crippen LogP contribution in [0.3, 0.4) is 0 Å². The molecule has 5 rings (SSSR count). The molecule has 10 nitrogen and oxygen atoms in total. The van der Waals surface area contributed by atoms with Crippen LogP contribution in [-0.2, 0) is 12.7 Å². The van der Waals surface area contributed by atoms with E-state index >= 15 is 4.39 Å². The Bertz CT molecular complexity index is 1520. The standard InChI is InChI=1S/C28H29F5N6O4/c1-38-8-7-19(18(30)13-38)35-24(40)15-9-22(42-3)20(10-17(15)29)36-27-34-11-16(28(31,32)33)25(37-27)43-21-6-4-5-14-12-39(2)26(41)23(14)21/h4-6,9-11,18-19,24,35,40H,7-8,12-13H2,1-3H3,(H,34,36,37)/t18-,19+,24?/m1/s1. The minimum atomic E-state index is -4.90. The number of carbonyl (C=O) groups excluding carboxylic acids is 1. The molecule has 1 aromatic heterocycles. The highest BCUT2D eigenvalue weighted by Crippen LogP contribution is 2.40. The van der Waals surface area contributed by atoms with Crippen LogP contribution in [0.1, 0.15) is 39.7 Å². The number of halogens is 5. The summed E-state index contributed by atoms with van der Waals surface area (Å²) in [5.74, 6) is -2.71. The van der Waals surface area contributed by atoms with E-state index in [0.717, 1.165) is 6.07 Å². The molecule has 15 heteroatoms. The lowest BCUT2D eigenvalue weighted by atomic mass is 10.0. The van der Waals surface area contributed by atoms with Crippen molar-refractivity contribution in [3.05, 3.63) is 64.6 Å². The number of ether oxygens (including phenoxy) is 2. The molecule has 1 amide bonds. The Kier molecular flexibility index (Phi) is 8.40. The summed E-state index contributed by atoms with van der Waals surface area (Å²) in [6.45, 7) is 1.03. The fourth-order valence-electron chi connectivity index (χ4n) is 5.06. The van der Waals surface area contributed by atoms with Crippen molar-refractivity contribution in [3.8, 4) is 17.4 Å². The zero-order chi connectivity index (χ0) is 31.1. The molecule has 3 aromatic rings. The maximum absolute atomic E-state index is 15.2. The van der Waals surface area contributed by atoms with Crippen LogP contribution < -0.4 is 20.1 Å². The van der Waals surface area contributed by atoms with Crippen molar-refractivity contribution in [2.24, 2.45) is 0 Å². The number of hydrogen-bond donors (Lipinski definition) is 3. The quantitative estimate of drug-likeness (QED) is 0.253. The lowest BCUT2D eigenvalue weighted by Crippen LogP contribution is -2.50. The highest BCUT2D eigenvalue weighted by atomic mass is 19.4. The van der Waals surface area contributed by atoms with Crippen molar-refractivity contribution in [1.82, 2.24) is 25.1 Å². The van der Waals surface area contributed by atoms with Crippen LogP contribution in [0.2, 0.25) is 0 Å². The first-order valence-corrected chi connectivity index (χ1v) is 13.3. The molecular weight excluding hydrogens is 579 g/mol. The van der Waals surface area contributed by atoms with Crippen molar-refractivity contribution in [2.75, 3.05) is 39.6 Å². The summed E-state index contributed by atoms with van der Waals surface area (Å²) in [6.07, 6.45) is -6.83. The second kappa shape index (κ2) is 11.9. The highest BCUT2D eigenvalue weighted by Gasteiger charge is 2.38. The molecule has 1 fully saturated rings.